The smallest absolute Gasteiger partial charge is 0.151 e. The van der Waals surface area contributed by atoms with Gasteiger partial charge in [-0.05, 0) is 63.5 Å². The number of rotatable bonds is 4. The maximum absolute atomic E-state index is 14.7. The number of piperidine rings is 1. The number of pyridine rings is 1. The fraction of sp³-hybridized carbons (Fsp3) is 0.400. The van der Waals surface area contributed by atoms with Gasteiger partial charge < -0.3 is 15.2 Å². The second kappa shape index (κ2) is 7.44. The molecule has 1 saturated heterocycles. The Morgan fingerprint density at radius 3 is 2.74 bits per heavy atom. The Labute approximate surface area is 163 Å². The van der Waals surface area contributed by atoms with Crippen LogP contribution >= 0.6 is 11.6 Å². The third kappa shape index (κ3) is 3.64. The van der Waals surface area contributed by atoms with Gasteiger partial charge in [-0.15, -0.1) is 0 Å². The molecule has 0 aliphatic carbocycles. The zero-order valence-electron chi connectivity index (χ0n) is 15.5. The van der Waals surface area contributed by atoms with Crippen LogP contribution in [0.5, 0.6) is 0 Å². The second-order valence-electron chi connectivity index (χ2n) is 7.29. The lowest BCUT2D eigenvalue weighted by Crippen LogP contribution is -2.35. The van der Waals surface area contributed by atoms with Gasteiger partial charge in [-0.3, -0.25) is 0 Å². The number of hydrogen-bond donors (Lipinski definition) is 2. The lowest BCUT2D eigenvalue weighted by Gasteiger charge is -2.24. The molecule has 0 atom stereocenters. The minimum Gasteiger partial charge on any atom is -0.367 e. The van der Waals surface area contributed by atoms with Crippen LogP contribution in [0.2, 0.25) is 5.02 Å². The number of hydrogen-bond acceptors (Lipinski definition) is 4. The Morgan fingerprint density at radius 1 is 1.22 bits per heavy atom. The van der Waals surface area contributed by atoms with Crippen LogP contribution in [0.1, 0.15) is 32.7 Å². The van der Waals surface area contributed by atoms with Gasteiger partial charge in [0.1, 0.15) is 11.3 Å². The third-order valence-electron chi connectivity index (χ3n) is 5.05. The summed E-state index contributed by atoms with van der Waals surface area (Å²) in [6.07, 6.45) is 5.41. The molecule has 142 valence electrons. The minimum atomic E-state index is -0.345. The lowest BCUT2D eigenvalue weighted by atomic mass is 10.0. The van der Waals surface area contributed by atoms with Gasteiger partial charge in [0, 0.05) is 23.8 Å². The van der Waals surface area contributed by atoms with E-state index in [0.29, 0.717) is 16.6 Å². The lowest BCUT2D eigenvalue weighted by molar-refractivity contribution is 0.478. The van der Waals surface area contributed by atoms with E-state index in [0.717, 1.165) is 48.4 Å². The third-order valence-corrected chi connectivity index (χ3v) is 5.35. The first-order chi connectivity index (χ1) is 13.0. The normalized spacial score (nSPS) is 15.6. The molecule has 1 fully saturated rings. The predicted molar refractivity (Wildman–Crippen MR) is 108 cm³/mol. The fourth-order valence-corrected chi connectivity index (χ4v) is 3.79. The maximum atomic E-state index is 14.7. The second-order valence-corrected chi connectivity index (χ2v) is 7.70. The number of anilines is 1. The van der Waals surface area contributed by atoms with E-state index in [2.05, 4.69) is 20.6 Å². The van der Waals surface area contributed by atoms with Crippen LogP contribution in [0.4, 0.5) is 10.2 Å². The van der Waals surface area contributed by atoms with Crippen molar-refractivity contribution < 1.29 is 4.39 Å². The molecule has 2 aromatic heterocycles. The van der Waals surface area contributed by atoms with Crippen molar-refractivity contribution in [3.63, 3.8) is 0 Å². The monoisotopic (exact) mass is 387 g/mol. The Balaban J connectivity index is 1.73. The average molecular weight is 388 g/mol. The van der Waals surface area contributed by atoms with E-state index < -0.39 is 0 Å². The topological polar surface area (TPSA) is 54.8 Å². The summed E-state index contributed by atoms with van der Waals surface area (Å²) >= 11 is 6.41. The molecular formula is C20H23ClFN5. The molecule has 0 unspecified atom stereocenters. The Hall–Kier alpha value is -2.18. The van der Waals surface area contributed by atoms with Crippen molar-refractivity contribution in [2.24, 2.45) is 0 Å². The van der Waals surface area contributed by atoms with Crippen LogP contribution in [-0.4, -0.2) is 33.7 Å². The van der Waals surface area contributed by atoms with Crippen molar-refractivity contribution in [1.82, 2.24) is 19.9 Å². The van der Waals surface area contributed by atoms with Crippen molar-refractivity contribution in [3.05, 3.63) is 41.6 Å². The van der Waals surface area contributed by atoms with Gasteiger partial charge in [-0.25, -0.2) is 14.4 Å². The molecule has 3 heterocycles. The van der Waals surface area contributed by atoms with Gasteiger partial charge in [0.15, 0.2) is 5.82 Å². The van der Waals surface area contributed by atoms with Gasteiger partial charge in [0.25, 0.3) is 0 Å². The molecule has 1 aromatic carbocycles. The van der Waals surface area contributed by atoms with E-state index in [1.165, 1.54) is 6.07 Å². The molecule has 5 nitrogen and oxygen atoms in total. The van der Waals surface area contributed by atoms with Crippen LogP contribution in [0.3, 0.4) is 0 Å². The fourth-order valence-electron chi connectivity index (χ4n) is 3.57. The quantitative estimate of drug-likeness (QED) is 0.685. The molecule has 1 aliphatic heterocycles. The van der Waals surface area contributed by atoms with Crippen LogP contribution in [0.25, 0.3) is 22.2 Å². The van der Waals surface area contributed by atoms with E-state index in [9.17, 15) is 4.39 Å². The first kappa shape index (κ1) is 18.2. The van der Waals surface area contributed by atoms with Crippen molar-refractivity contribution >= 4 is 28.5 Å². The van der Waals surface area contributed by atoms with Crippen molar-refractivity contribution in [2.45, 2.75) is 38.8 Å². The highest BCUT2D eigenvalue weighted by molar-refractivity contribution is 6.33. The van der Waals surface area contributed by atoms with Crippen LogP contribution in [-0.2, 0) is 0 Å². The zero-order valence-corrected chi connectivity index (χ0v) is 16.2. The molecule has 0 spiro atoms. The molecule has 1 aliphatic rings. The molecule has 0 bridgehead atoms. The summed E-state index contributed by atoms with van der Waals surface area (Å²) < 4.78 is 16.6. The number of halogens is 2. The maximum Gasteiger partial charge on any atom is 0.151 e. The molecule has 7 heteroatoms. The molecule has 3 aromatic rings. The van der Waals surface area contributed by atoms with Crippen molar-refractivity contribution in [3.8, 4) is 11.1 Å². The number of fused-ring (bicyclic) bond motifs is 1. The van der Waals surface area contributed by atoms with E-state index in [1.807, 2.05) is 30.5 Å². The van der Waals surface area contributed by atoms with Gasteiger partial charge in [-0.1, -0.05) is 11.6 Å². The highest BCUT2D eigenvalue weighted by Crippen LogP contribution is 2.33. The van der Waals surface area contributed by atoms with E-state index in [4.69, 9.17) is 11.6 Å². The first-order valence-corrected chi connectivity index (χ1v) is 9.70. The molecule has 4 rings (SSSR count). The van der Waals surface area contributed by atoms with Crippen molar-refractivity contribution in [2.75, 3.05) is 18.4 Å². The SMILES string of the molecule is CC(C)n1cnc2c(F)cc(-c3cc(NC4CCNCC4)ncc3Cl)cc21. The Morgan fingerprint density at radius 2 is 2.00 bits per heavy atom. The molecule has 0 saturated carbocycles. The summed E-state index contributed by atoms with van der Waals surface area (Å²) in [4.78, 5) is 8.62. The number of aromatic nitrogens is 3. The van der Waals surface area contributed by atoms with Crippen LogP contribution < -0.4 is 10.6 Å². The Kier molecular flexibility index (Phi) is 5.02. The molecule has 2 N–H and O–H groups in total. The van der Waals surface area contributed by atoms with Gasteiger partial charge in [0.05, 0.1) is 16.9 Å². The number of benzene rings is 1. The van der Waals surface area contributed by atoms with E-state index in [-0.39, 0.29) is 11.9 Å². The molecule has 0 amide bonds. The standard InChI is InChI=1S/C20H23ClFN5/c1-12(2)27-11-25-20-17(22)7-13(8-18(20)27)15-9-19(24-10-16(15)21)26-14-3-5-23-6-4-14/h7-12,14,23H,3-6H2,1-2H3,(H,24,26). The van der Waals surface area contributed by atoms with E-state index >= 15 is 0 Å². The first-order valence-electron chi connectivity index (χ1n) is 9.32. The molecular weight excluding hydrogens is 365 g/mol. The highest BCUT2D eigenvalue weighted by atomic mass is 35.5. The predicted octanol–water partition coefficient (Wildman–Crippen LogP) is 4.64. The molecule has 27 heavy (non-hydrogen) atoms. The van der Waals surface area contributed by atoms with Crippen LogP contribution in [0, 0.1) is 5.82 Å². The Bertz CT molecular complexity index is 962. The summed E-state index contributed by atoms with van der Waals surface area (Å²) in [6, 6.07) is 5.92. The minimum absolute atomic E-state index is 0.190. The summed E-state index contributed by atoms with van der Waals surface area (Å²) in [6.45, 7) is 6.09. The molecule has 0 radical (unpaired) electrons. The van der Waals surface area contributed by atoms with Gasteiger partial charge in [-0.2, -0.15) is 0 Å². The summed E-state index contributed by atoms with van der Waals surface area (Å²) in [5, 5.41) is 7.32. The average Bonchev–Trinajstić information content (AvgIpc) is 3.09. The zero-order chi connectivity index (χ0) is 19.0. The van der Waals surface area contributed by atoms with E-state index in [1.54, 1.807) is 12.5 Å². The summed E-state index contributed by atoms with van der Waals surface area (Å²) in [5.41, 5.74) is 2.63. The largest absolute Gasteiger partial charge is 0.367 e. The van der Waals surface area contributed by atoms with Crippen LogP contribution in [0.15, 0.2) is 30.7 Å². The highest BCUT2D eigenvalue weighted by Gasteiger charge is 2.17. The number of imidazole rings is 1. The van der Waals surface area contributed by atoms with Crippen molar-refractivity contribution in [1.29, 1.82) is 0 Å². The van der Waals surface area contributed by atoms with Gasteiger partial charge in [0.2, 0.25) is 0 Å². The van der Waals surface area contributed by atoms with Gasteiger partial charge >= 0.3 is 0 Å². The number of nitrogens with one attached hydrogen (secondary N) is 2. The summed E-state index contributed by atoms with van der Waals surface area (Å²) in [5.74, 6) is 0.418. The number of nitrogens with zero attached hydrogens (tertiary/aromatic N) is 3. The summed E-state index contributed by atoms with van der Waals surface area (Å²) in [7, 11) is 0.